The summed E-state index contributed by atoms with van der Waals surface area (Å²) in [5.41, 5.74) is 2.43. The van der Waals surface area contributed by atoms with E-state index >= 15 is 0 Å². The molecule has 6 nitrogen and oxygen atoms in total. The van der Waals surface area contributed by atoms with Crippen LogP contribution in [0.3, 0.4) is 0 Å². The summed E-state index contributed by atoms with van der Waals surface area (Å²) < 4.78 is 16.8. The fraction of sp³-hybridized carbons (Fsp3) is 0.375. The molecule has 1 aliphatic rings. The Morgan fingerprint density at radius 2 is 1.93 bits per heavy atom. The third-order valence-electron chi connectivity index (χ3n) is 5.48. The molecule has 3 aromatic rings. The predicted molar refractivity (Wildman–Crippen MR) is 115 cm³/mol. The van der Waals surface area contributed by atoms with Gasteiger partial charge in [0.1, 0.15) is 22.7 Å². The van der Waals surface area contributed by atoms with Crippen LogP contribution in [0, 0.1) is 0 Å². The lowest BCUT2D eigenvalue weighted by molar-refractivity contribution is 0.0528. The first-order valence-corrected chi connectivity index (χ1v) is 10.5. The molecule has 1 saturated heterocycles. The van der Waals surface area contributed by atoms with Crippen molar-refractivity contribution in [2.75, 3.05) is 26.4 Å². The molecule has 1 fully saturated rings. The minimum Gasteiger partial charge on any atom is -0.508 e. The maximum absolute atomic E-state index is 12.9. The zero-order valence-corrected chi connectivity index (χ0v) is 17.1. The molecule has 0 atom stereocenters. The zero-order chi connectivity index (χ0) is 20.9. The van der Waals surface area contributed by atoms with E-state index in [1.54, 1.807) is 19.1 Å². The number of esters is 1. The summed E-state index contributed by atoms with van der Waals surface area (Å²) in [4.78, 5) is 12.9. The molecule has 0 saturated carbocycles. The van der Waals surface area contributed by atoms with Gasteiger partial charge in [-0.15, -0.1) is 0 Å². The van der Waals surface area contributed by atoms with Gasteiger partial charge >= 0.3 is 5.97 Å². The minimum atomic E-state index is -0.445. The molecule has 30 heavy (non-hydrogen) atoms. The number of rotatable bonds is 7. The summed E-state index contributed by atoms with van der Waals surface area (Å²) >= 11 is 0. The van der Waals surface area contributed by atoms with Gasteiger partial charge in [-0.3, -0.25) is 0 Å². The minimum absolute atomic E-state index is 0.155. The van der Waals surface area contributed by atoms with Crippen molar-refractivity contribution in [2.45, 2.75) is 32.2 Å². The molecule has 1 aromatic heterocycles. The molecule has 0 unspecified atom stereocenters. The first kappa shape index (κ1) is 20.4. The van der Waals surface area contributed by atoms with Crippen molar-refractivity contribution in [2.24, 2.45) is 0 Å². The molecular weight excluding hydrogens is 382 g/mol. The van der Waals surface area contributed by atoms with Crippen molar-refractivity contribution in [3.05, 3.63) is 53.6 Å². The van der Waals surface area contributed by atoms with Crippen LogP contribution in [0.5, 0.6) is 5.75 Å². The predicted octanol–water partition coefficient (Wildman–Crippen LogP) is 4.29. The number of aromatic hydroxyl groups is 1. The second-order valence-electron chi connectivity index (χ2n) is 7.42. The number of carbonyl (C=O) groups is 1. The summed E-state index contributed by atoms with van der Waals surface area (Å²) in [6, 6.07) is 13.2. The summed E-state index contributed by atoms with van der Waals surface area (Å²) in [6.45, 7) is 4.27. The summed E-state index contributed by atoms with van der Waals surface area (Å²) in [6.07, 6.45) is 2.53. The van der Waals surface area contributed by atoms with Crippen molar-refractivity contribution in [3.8, 4) is 17.1 Å². The number of benzene rings is 2. The Hall–Kier alpha value is -2.83. The highest BCUT2D eigenvalue weighted by Gasteiger charge is 2.26. The van der Waals surface area contributed by atoms with E-state index < -0.39 is 5.97 Å². The third kappa shape index (κ3) is 4.20. The largest absolute Gasteiger partial charge is 0.508 e. The van der Waals surface area contributed by atoms with Crippen LogP contribution in [0.4, 0.5) is 0 Å². The summed E-state index contributed by atoms with van der Waals surface area (Å²) in [7, 11) is 0. The van der Waals surface area contributed by atoms with Gasteiger partial charge < -0.3 is 24.3 Å². The Morgan fingerprint density at radius 3 is 2.67 bits per heavy atom. The molecule has 158 valence electrons. The first-order valence-electron chi connectivity index (χ1n) is 10.5. The first-order chi connectivity index (χ1) is 14.7. The fourth-order valence-electron chi connectivity index (χ4n) is 4.00. The van der Waals surface area contributed by atoms with Crippen LogP contribution >= 0.6 is 0 Å². The van der Waals surface area contributed by atoms with Crippen molar-refractivity contribution >= 4 is 16.9 Å². The van der Waals surface area contributed by atoms with E-state index in [9.17, 15) is 9.90 Å². The lowest BCUT2D eigenvalue weighted by Crippen LogP contribution is -2.35. The normalized spacial score (nSPS) is 14.8. The number of hydrogen-bond donors (Lipinski definition) is 2. The molecule has 6 heteroatoms. The number of carbonyl (C=O) groups excluding carboxylic acids is 1. The third-order valence-corrected chi connectivity index (χ3v) is 5.48. The molecule has 0 amide bonds. The molecule has 0 bridgehead atoms. The van der Waals surface area contributed by atoms with Crippen LogP contribution in [0.1, 0.15) is 35.7 Å². The molecule has 2 aromatic carbocycles. The summed E-state index contributed by atoms with van der Waals surface area (Å²) in [5.74, 6) is 0.176. The Morgan fingerprint density at radius 1 is 1.17 bits per heavy atom. The molecule has 2 heterocycles. The topological polar surface area (TPSA) is 80.9 Å². The Bertz CT molecular complexity index is 1010. The fourth-order valence-corrected chi connectivity index (χ4v) is 4.00. The van der Waals surface area contributed by atoms with E-state index in [0.29, 0.717) is 46.9 Å². The number of fused-ring (bicyclic) bond motifs is 1. The van der Waals surface area contributed by atoms with Gasteiger partial charge in [-0.1, -0.05) is 30.3 Å². The molecule has 2 N–H and O–H groups in total. The standard InChI is InChI=1S/C24H27NO5/c1-2-29-24(27)22-21-18(10-13-25-17-11-14-28-15-12-17)19(26)8-9-20(21)30-23(22)16-6-4-3-5-7-16/h3-9,17,25-26H,2,10-15H2,1H3. The van der Waals surface area contributed by atoms with E-state index in [1.807, 2.05) is 30.3 Å². The van der Waals surface area contributed by atoms with Gasteiger partial charge in [0.25, 0.3) is 0 Å². The maximum Gasteiger partial charge on any atom is 0.342 e. The molecular formula is C24H27NO5. The van der Waals surface area contributed by atoms with E-state index in [-0.39, 0.29) is 12.4 Å². The molecule has 0 aliphatic carbocycles. The average Bonchev–Trinajstić information content (AvgIpc) is 3.17. The smallest absolute Gasteiger partial charge is 0.342 e. The van der Waals surface area contributed by atoms with Gasteiger partial charge in [-0.25, -0.2) is 4.79 Å². The van der Waals surface area contributed by atoms with E-state index in [1.165, 1.54) is 0 Å². The van der Waals surface area contributed by atoms with Crippen molar-refractivity contribution in [3.63, 3.8) is 0 Å². The van der Waals surface area contributed by atoms with Crippen LogP contribution in [0.2, 0.25) is 0 Å². The van der Waals surface area contributed by atoms with Gasteiger partial charge in [-0.05, 0) is 44.9 Å². The van der Waals surface area contributed by atoms with E-state index in [4.69, 9.17) is 13.9 Å². The highest BCUT2D eigenvalue weighted by atomic mass is 16.5. The van der Waals surface area contributed by atoms with Crippen molar-refractivity contribution < 1.29 is 23.8 Å². The van der Waals surface area contributed by atoms with Gasteiger partial charge in [0.05, 0.1) is 6.61 Å². The van der Waals surface area contributed by atoms with Gasteiger partial charge in [0.2, 0.25) is 0 Å². The van der Waals surface area contributed by atoms with Gasteiger partial charge in [0.15, 0.2) is 0 Å². The van der Waals surface area contributed by atoms with E-state index in [0.717, 1.165) is 31.6 Å². The van der Waals surface area contributed by atoms with Crippen LogP contribution in [0.15, 0.2) is 46.9 Å². The average molecular weight is 409 g/mol. The number of phenols is 1. The highest BCUT2D eigenvalue weighted by Crippen LogP contribution is 2.39. The van der Waals surface area contributed by atoms with Crippen molar-refractivity contribution in [1.82, 2.24) is 5.32 Å². The van der Waals surface area contributed by atoms with Crippen LogP contribution < -0.4 is 5.32 Å². The van der Waals surface area contributed by atoms with Crippen LogP contribution in [-0.4, -0.2) is 43.5 Å². The second-order valence-corrected chi connectivity index (χ2v) is 7.42. The number of hydrogen-bond acceptors (Lipinski definition) is 6. The Labute approximate surface area is 175 Å². The molecule has 0 radical (unpaired) electrons. The SMILES string of the molecule is CCOC(=O)c1c(-c2ccccc2)oc2ccc(O)c(CCNC3CCOCC3)c12. The zero-order valence-electron chi connectivity index (χ0n) is 17.1. The van der Waals surface area contributed by atoms with Crippen LogP contribution in [0.25, 0.3) is 22.3 Å². The Kier molecular flexibility index (Phi) is 6.35. The number of furan rings is 1. The highest BCUT2D eigenvalue weighted by molar-refractivity contribution is 6.10. The number of phenolic OH excluding ortho intramolecular Hbond substituents is 1. The number of nitrogens with one attached hydrogen (secondary N) is 1. The van der Waals surface area contributed by atoms with E-state index in [2.05, 4.69) is 5.32 Å². The lowest BCUT2D eigenvalue weighted by atomic mass is 9.99. The van der Waals surface area contributed by atoms with Gasteiger partial charge in [0, 0.05) is 35.8 Å². The summed E-state index contributed by atoms with van der Waals surface area (Å²) in [5, 5.41) is 14.8. The second kappa shape index (κ2) is 9.32. The van der Waals surface area contributed by atoms with Gasteiger partial charge in [-0.2, -0.15) is 0 Å². The van der Waals surface area contributed by atoms with Crippen LogP contribution in [-0.2, 0) is 15.9 Å². The lowest BCUT2D eigenvalue weighted by Gasteiger charge is -2.23. The molecule has 1 aliphatic heterocycles. The van der Waals surface area contributed by atoms with Crippen molar-refractivity contribution in [1.29, 1.82) is 0 Å². The Balaban J connectivity index is 1.73. The number of ether oxygens (including phenoxy) is 2. The monoisotopic (exact) mass is 409 g/mol. The quantitative estimate of drug-likeness (QED) is 0.567. The maximum atomic E-state index is 12.9. The molecule has 0 spiro atoms. The molecule has 4 rings (SSSR count).